The molecule has 0 bridgehead atoms. The number of benzene rings is 1. The van der Waals surface area contributed by atoms with Gasteiger partial charge in [-0.2, -0.15) is 5.10 Å². The van der Waals surface area contributed by atoms with E-state index >= 15 is 0 Å². The average Bonchev–Trinajstić information content (AvgIpc) is 3.30. The van der Waals surface area contributed by atoms with Gasteiger partial charge in [0, 0.05) is 63.3 Å². The first-order valence-corrected chi connectivity index (χ1v) is 12.1. The van der Waals surface area contributed by atoms with E-state index in [1.807, 2.05) is 18.5 Å². The number of nitrogens with one attached hydrogen (secondary N) is 1. The van der Waals surface area contributed by atoms with E-state index in [2.05, 4.69) is 68.2 Å². The Morgan fingerprint density at radius 3 is 2.35 bits per heavy atom. The number of aromatic nitrogens is 3. The molecule has 7 nitrogen and oxygen atoms in total. The highest BCUT2D eigenvalue weighted by Gasteiger charge is 2.30. The highest BCUT2D eigenvalue weighted by Crippen LogP contribution is 2.34. The zero-order valence-corrected chi connectivity index (χ0v) is 20.6. The molecular weight excluding hydrogens is 448 g/mol. The molecule has 2 aliphatic heterocycles. The van der Waals surface area contributed by atoms with Crippen LogP contribution in [0, 0.1) is 12.8 Å². The summed E-state index contributed by atoms with van der Waals surface area (Å²) in [5.74, 6) is 1.52. The Labute approximate surface area is 208 Å². The molecule has 8 heteroatoms. The minimum absolute atomic E-state index is 0. The Bertz CT molecular complexity index is 1030. The second kappa shape index (κ2) is 11.2. The molecule has 0 aliphatic carbocycles. The van der Waals surface area contributed by atoms with Gasteiger partial charge >= 0.3 is 0 Å². The van der Waals surface area contributed by atoms with Crippen molar-refractivity contribution < 1.29 is 5.11 Å². The summed E-state index contributed by atoms with van der Waals surface area (Å²) in [6.45, 7) is 8.21. The number of aromatic amines is 1. The molecule has 3 aromatic rings. The normalized spacial score (nSPS) is 18.5. The number of aliphatic hydroxyl groups excluding tert-OH is 1. The van der Waals surface area contributed by atoms with E-state index in [1.54, 1.807) is 0 Å². The first-order valence-electron chi connectivity index (χ1n) is 12.1. The zero-order chi connectivity index (χ0) is 22.6. The Morgan fingerprint density at radius 2 is 1.71 bits per heavy atom. The number of aryl methyl sites for hydroxylation is 1. The molecule has 2 aromatic heterocycles. The van der Waals surface area contributed by atoms with Crippen molar-refractivity contribution in [3.05, 3.63) is 71.7 Å². The van der Waals surface area contributed by atoms with Crippen LogP contribution in [0.25, 0.3) is 0 Å². The van der Waals surface area contributed by atoms with Crippen LogP contribution >= 0.6 is 12.4 Å². The van der Waals surface area contributed by atoms with E-state index in [-0.39, 0.29) is 18.4 Å². The van der Waals surface area contributed by atoms with E-state index in [0.717, 1.165) is 63.6 Å². The van der Waals surface area contributed by atoms with Crippen LogP contribution in [0.15, 0.2) is 54.9 Å². The van der Waals surface area contributed by atoms with E-state index in [0.29, 0.717) is 12.5 Å². The fourth-order valence-electron chi connectivity index (χ4n) is 5.29. The number of pyridine rings is 1. The van der Waals surface area contributed by atoms with Gasteiger partial charge in [-0.15, -0.1) is 12.4 Å². The maximum absolute atomic E-state index is 9.49. The summed E-state index contributed by atoms with van der Waals surface area (Å²) in [6, 6.07) is 15.2. The van der Waals surface area contributed by atoms with Crippen molar-refractivity contribution in [2.45, 2.75) is 25.8 Å². The lowest BCUT2D eigenvalue weighted by Gasteiger charge is -2.42. The Hall–Kier alpha value is -2.61. The molecule has 1 unspecified atom stereocenters. The Balaban J connectivity index is 0.00000274. The second-order valence-electron chi connectivity index (χ2n) is 9.25. The monoisotopic (exact) mass is 482 g/mol. The van der Waals surface area contributed by atoms with Crippen LogP contribution in [0.2, 0.25) is 0 Å². The van der Waals surface area contributed by atoms with Crippen molar-refractivity contribution in [2.75, 3.05) is 55.7 Å². The van der Waals surface area contributed by atoms with Gasteiger partial charge in [0.1, 0.15) is 0 Å². The Kier molecular flexibility index (Phi) is 8.08. The third kappa shape index (κ3) is 5.06. The van der Waals surface area contributed by atoms with E-state index < -0.39 is 0 Å². The summed E-state index contributed by atoms with van der Waals surface area (Å²) in [5.41, 5.74) is 4.93. The molecule has 0 saturated carbocycles. The maximum atomic E-state index is 9.49. The first-order chi connectivity index (χ1) is 16.2. The summed E-state index contributed by atoms with van der Waals surface area (Å²) >= 11 is 0. The standard InChI is InChI=1S/C26H34N6O.ClH/c1-20-23(18-28-29-20)25(22-6-3-2-4-7-22)31-16-14-30(15-17-31)24-8-5-11-27-26(24)32-12-9-21(19-33)10-13-32;/h2-8,11,18,21,25,33H,9-10,12-17,19H2,1H3,(H,28,29);1H. The molecule has 2 saturated heterocycles. The van der Waals surface area contributed by atoms with Crippen molar-refractivity contribution >= 4 is 23.9 Å². The molecule has 5 rings (SSSR count). The zero-order valence-electron chi connectivity index (χ0n) is 19.8. The lowest BCUT2D eigenvalue weighted by Crippen LogP contribution is -2.48. The number of aliphatic hydroxyl groups is 1. The molecule has 34 heavy (non-hydrogen) atoms. The van der Waals surface area contributed by atoms with Crippen LogP contribution in [-0.2, 0) is 0 Å². The highest BCUT2D eigenvalue weighted by atomic mass is 35.5. The minimum atomic E-state index is 0. The highest BCUT2D eigenvalue weighted by molar-refractivity contribution is 5.85. The minimum Gasteiger partial charge on any atom is -0.396 e. The van der Waals surface area contributed by atoms with Crippen LogP contribution in [0.3, 0.4) is 0 Å². The summed E-state index contributed by atoms with van der Waals surface area (Å²) in [4.78, 5) is 12.2. The molecule has 2 N–H and O–H groups in total. The van der Waals surface area contributed by atoms with E-state index in [9.17, 15) is 5.11 Å². The van der Waals surface area contributed by atoms with Crippen molar-refractivity contribution in [3.63, 3.8) is 0 Å². The molecule has 0 spiro atoms. The number of hydrogen-bond acceptors (Lipinski definition) is 6. The number of piperidine rings is 1. The van der Waals surface area contributed by atoms with Crippen molar-refractivity contribution in [2.24, 2.45) is 5.92 Å². The van der Waals surface area contributed by atoms with Gasteiger partial charge in [-0.1, -0.05) is 30.3 Å². The number of hydrogen-bond donors (Lipinski definition) is 2. The average molecular weight is 483 g/mol. The van der Waals surface area contributed by atoms with Crippen molar-refractivity contribution in [1.82, 2.24) is 20.1 Å². The van der Waals surface area contributed by atoms with Gasteiger partial charge in [0.05, 0.1) is 17.9 Å². The number of halogens is 1. The third-order valence-electron chi connectivity index (χ3n) is 7.24. The third-order valence-corrected chi connectivity index (χ3v) is 7.24. The molecule has 4 heterocycles. The van der Waals surface area contributed by atoms with Gasteiger partial charge in [-0.05, 0) is 43.4 Å². The fraction of sp³-hybridized carbons (Fsp3) is 0.462. The Morgan fingerprint density at radius 1 is 0.971 bits per heavy atom. The van der Waals surface area contributed by atoms with E-state index in [1.165, 1.54) is 16.8 Å². The van der Waals surface area contributed by atoms with Gasteiger partial charge in [0.15, 0.2) is 5.82 Å². The predicted molar refractivity (Wildman–Crippen MR) is 139 cm³/mol. The largest absolute Gasteiger partial charge is 0.396 e. The van der Waals surface area contributed by atoms with Gasteiger partial charge in [0.2, 0.25) is 0 Å². The lowest BCUT2D eigenvalue weighted by molar-refractivity contribution is 0.202. The van der Waals surface area contributed by atoms with Gasteiger partial charge in [0.25, 0.3) is 0 Å². The lowest BCUT2D eigenvalue weighted by atomic mass is 9.97. The smallest absolute Gasteiger partial charge is 0.152 e. The summed E-state index contributed by atoms with van der Waals surface area (Å²) in [6.07, 6.45) is 5.95. The molecule has 0 amide bonds. The van der Waals surface area contributed by atoms with Crippen LogP contribution in [0.1, 0.15) is 35.7 Å². The quantitative estimate of drug-likeness (QED) is 0.558. The second-order valence-corrected chi connectivity index (χ2v) is 9.25. The van der Waals surface area contributed by atoms with E-state index in [4.69, 9.17) is 4.98 Å². The molecule has 182 valence electrons. The number of H-pyrrole nitrogens is 1. The van der Waals surface area contributed by atoms with Crippen LogP contribution in [0.5, 0.6) is 0 Å². The van der Waals surface area contributed by atoms with Crippen LogP contribution < -0.4 is 9.80 Å². The molecule has 1 aromatic carbocycles. The molecular formula is C26H35ClN6O. The maximum Gasteiger partial charge on any atom is 0.152 e. The van der Waals surface area contributed by atoms with Crippen molar-refractivity contribution in [3.8, 4) is 0 Å². The van der Waals surface area contributed by atoms with Gasteiger partial charge < -0.3 is 14.9 Å². The topological polar surface area (TPSA) is 71.5 Å². The number of rotatable bonds is 6. The summed E-state index contributed by atoms with van der Waals surface area (Å²) < 4.78 is 0. The van der Waals surface area contributed by atoms with Gasteiger partial charge in [-0.25, -0.2) is 4.98 Å². The number of piperazine rings is 1. The first kappa shape index (κ1) is 24.5. The summed E-state index contributed by atoms with van der Waals surface area (Å²) in [5, 5.41) is 16.9. The van der Waals surface area contributed by atoms with Gasteiger partial charge in [-0.3, -0.25) is 10.00 Å². The molecule has 2 aliphatic rings. The number of anilines is 2. The predicted octanol–water partition coefficient (Wildman–Crippen LogP) is 3.66. The van der Waals surface area contributed by atoms with Crippen molar-refractivity contribution in [1.29, 1.82) is 0 Å². The molecule has 1 atom stereocenters. The molecule has 2 fully saturated rings. The molecule has 0 radical (unpaired) electrons. The number of nitrogens with zero attached hydrogens (tertiary/aromatic N) is 5. The van der Waals surface area contributed by atoms with Crippen LogP contribution in [-0.4, -0.2) is 71.1 Å². The summed E-state index contributed by atoms with van der Waals surface area (Å²) in [7, 11) is 0. The van der Waals surface area contributed by atoms with Crippen LogP contribution in [0.4, 0.5) is 11.5 Å². The fourth-order valence-corrected chi connectivity index (χ4v) is 5.29. The SMILES string of the molecule is Cc1[nH]ncc1C(c1ccccc1)N1CCN(c2cccnc2N2CCC(CO)CC2)CC1.Cl.